The van der Waals surface area contributed by atoms with Gasteiger partial charge in [-0.05, 0) is 25.0 Å². The first-order valence-corrected chi connectivity index (χ1v) is 9.20. The first-order chi connectivity index (χ1) is 9.79. The van der Waals surface area contributed by atoms with Gasteiger partial charge in [-0.2, -0.15) is 0 Å². The Morgan fingerprint density at radius 1 is 1.29 bits per heavy atom. The van der Waals surface area contributed by atoms with Gasteiger partial charge in [0.25, 0.3) is 9.05 Å². The van der Waals surface area contributed by atoms with E-state index in [1.54, 1.807) is 0 Å². The second-order valence-corrected chi connectivity index (χ2v) is 7.86. The quantitative estimate of drug-likeness (QED) is 0.779. The number of carbonyl (C=O) groups excluding carboxylic acids is 1. The lowest BCUT2D eigenvalue weighted by atomic mass is 10.3. The van der Waals surface area contributed by atoms with Crippen molar-refractivity contribution in [1.29, 1.82) is 0 Å². The Balaban J connectivity index is 1.97. The third-order valence-corrected chi connectivity index (χ3v) is 5.14. The molecule has 9 heteroatoms. The Morgan fingerprint density at radius 3 is 2.52 bits per heavy atom. The molecule has 0 unspecified atom stereocenters. The fourth-order valence-corrected chi connectivity index (χ4v) is 3.38. The lowest BCUT2D eigenvalue weighted by Gasteiger charge is -2.10. The second-order valence-electron chi connectivity index (χ2n) is 4.57. The van der Waals surface area contributed by atoms with Crippen molar-refractivity contribution < 1.29 is 17.9 Å². The molecule has 0 heterocycles. The van der Waals surface area contributed by atoms with Crippen LogP contribution in [0.1, 0.15) is 19.3 Å². The van der Waals surface area contributed by atoms with E-state index in [-0.39, 0.29) is 39.6 Å². The Bertz CT molecular complexity index is 659. The van der Waals surface area contributed by atoms with Crippen LogP contribution in [-0.4, -0.2) is 27.0 Å². The van der Waals surface area contributed by atoms with Gasteiger partial charge in [0.1, 0.15) is 15.7 Å². The summed E-state index contributed by atoms with van der Waals surface area (Å²) >= 11 is 11.8. The minimum Gasteiger partial charge on any atom is -0.491 e. The van der Waals surface area contributed by atoms with E-state index in [0.717, 1.165) is 12.8 Å². The Morgan fingerprint density at radius 2 is 1.95 bits per heavy atom. The number of nitrogens with one attached hydrogen (secondary N) is 1. The van der Waals surface area contributed by atoms with Crippen molar-refractivity contribution in [2.24, 2.45) is 0 Å². The topological polar surface area (TPSA) is 72.5 Å². The number of carbonyl (C=O) groups is 1. The highest BCUT2D eigenvalue weighted by atomic mass is 35.7. The van der Waals surface area contributed by atoms with Crippen molar-refractivity contribution in [2.75, 3.05) is 6.61 Å². The molecule has 0 aliphatic heterocycles. The molecule has 0 saturated heterocycles. The molecule has 1 aromatic rings. The van der Waals surface area contributed by atoms with Crippen molar-refractivity contribution in [3.8, 4) is 5.75 Å². The molecule has 1 fully saturated rings. The first kappa shape index (κ1) is 16.7. The maximum absolute atomic E-state index is 11.5. The highest BCUT2D eigenvalue weighted by Gasteiger charge is 2.23. The van der Waals surface area contributed by atoms with Crippen molar-refractivity contribution >= 4 is 48.8 Å². The van der Waals surface area contributed by atoms with Gasteiger partial charge in [0.15, 0.2) is 0 Å². The van der Waals surface area contributed by atoms with Crippen LogP contribution in [-0.2, 0) is 13.8 Å². The minimum absolute atomic E-state index is 0.0546. The molecular formula is C12H12Cl3NO4S. The van der Waals surface area contributed by atoms with Crippen LogP contribution in [0.15, 0.2) is 17.0 Å². The average Bonchev–Trinajstić information content (AvgIpc) is 3.17. The van der Waals surface area contributed by atoms with Crippen molar-refractivity contribution in [2.45, 2.75) is 30.2 Å². The lowest BCUT2D eigenvalue weighted by Crippen LogP contribution is -2.26. The maximum atomic E-state index is 11.5. The predicted molar refractivity (Wildman–Crippen MR) is 80.8 cm³/mol. The van der Waals surface area contributed by atoms with Gasteiger partial charge < -0.3 is 10.1 Å². The monoisotopic (exact) mass is 371 g/mol. The van der Waals surface area contributed by atoms with E-state index in [2.05, 4.69) is 5.32 Å². The molecule has 1 aliphatic carbocycles. The summed E-state index contributed by atoms with van der Waals surface area (Å²) in [6.45, 7) is 0.113. The number of hydrogen-bond acceptors (Lipinski definition) is 4. The summed E-state index contributed by atoms with van der Waals surface area (Å²) in [5.41, 5.74) is 0. The van der Waals surface area contributed by atoms with Crippen LogP contribution in [0, 0.1) is 0 Å². The maximum Gasteiger partial charge on any atom is 0.262 e. The van der Waals surface area contributed by atoms with Gasteiger partial charge in [-0.25, -0.2) is 8.42 Å². The van der Waals surface area contributed by atoms with Gasteiger partial charge in [-0.15, -0.1) is 0 Å². The molecule has 5 nitrogen and oxygen atoms in total. The molecule has 1 aliphatic rings. The zero-order chi connectivity index (χ0) is 15.6. The molecule has 0 radical (unpaired) electrons. The molecule has 1 aromatic carbocycles. The van der Waals surface area contributed by atoms with Crippen molar-refractivity contribution in [3.63, 3.8) is 0 Å². The summed E-state index contributed by atoms with van der Waals surface area (Å²) in [5, 5.41) is 2.56. The smallest absolute Gasteiger partial charge is 0.262 e. The summed E-state index contributed by atoms with van der Waals surface area (Å²) in [6, 6.07) is 2.85. The van der Waals surface area contributed by atoms with Crippen molar-refractivity contribution in [3.05, 3.63) is 22.2 Å². The molecule has 0 spiro atoms. The van der Waals surface area contributed by atoms with Crippen LogP contribution in [0.3, 0.4) is 0 Å². The standard InChI is InChI=1S/C12H12Cl3NO4S/c13-11-8(3-4-9(12(11)14)21(15,18)19)20-6-5-10(17)16-7-1-2-7/h3-4,7H,1-2,5-6H2,(H,16,17). The van der Waals surface area contributed by atoms with Crippen LogP contribution in [0.2, 0.25) is 10.0 Å². The zero-order valence-corrected chi connectivity index (χ0v) is 13.8. The summed E-state index contributed by atoms with van der Waals surface area (Å²) in [7, 11) is 1.25. The normalized spacial score (nSPS) is 14.8. The SMILES string of the molecule is O=C(CCOc1ccc(S(=O)(=O)Cl)c(Cl)c1Cl)NC1CC1. The van der Waals surface area contributed by atoms with Gasteiger partial charge in [-0.1, -0.05) is 23.2 Å². The molecule has 2 rings (SSSR count). The average molecular weight is 373 g/mol. The Kier molecular flexibility index (Phi) is 5.24. The van der Waals surface area contributed by atoms with Crippen LogP contribution in [0.4, 0.5) is 0 Å². The molecule has 1 N–H and O–H groups in total. The van der Waals surface area contributed by atoms with Crippen LogP contribution in [0.5, 0.6) is 5.75 Å². The van der Waals surface area contributed by atoms with E-state index in [1.165, 1.54) is 12.1 Å². The fraction of sp³-hybridized carbons (Fsp3) is 0.417. The second kappa shape index (κ2) is 6.60. The number of ether oxygens (including phenoxy) is 1. The van der Waals surface area contributed by atoms with Gasteiger partial charge in [0.05, 0.1) is 18.1 Å². The molecule has 116 valence electrons. The predicted octanol–water partition coefficient (Wildman–Crippen LogP) is 2.97. The van der Waals surface area contributed by atoms with Gasteiger partial charge >= 0.3 is 0 Å². The molecule has 0 aromatic heterocycles. The van der Waals surface area contributed by atoms with Crippen LogP contribution >= 0.6 is 33.9 Å². The molecule has 21 heavy (non-hydrogen) atoms. The van der Waals surface area contributed by atoms with Gasteiger partial charge in [-0.3, -0.25) is 4.79 Å². The van der Waals surface area contributed by atoms with E-state index in [0.29, 0.717) is 6.04 Å². The Labute approximate surface area is 136 Å². The van der Waals surface area contributed by atoms with E-state index in [9.17, 15) is 13.2 Å². The van der Waals surface area contributed by atoms with E-state index < -0.39 is 9.05 Å². The van der Waals surface area contributed by atoms with Crippen LogP contribution in [0.25, 0.3) is 0 Å². The van der Waals surface area contributed by atoms with E-state index >= 15 is 0 Å². The Hall–Kier alpha value is -0.690. The summed E-state index contributed by atoms with van der Waals surface area (Å²) in [5.74, 6) is 0.102. The van der Waals surface area contributed by atoms with Crippen LogP contribution < -0.4 is 10.1 Å². The third-order valence-electron chi connectivity index (χ3n) is 2.80. The van der Waals surface area contributed by atoms with Gasteiger partial charge in [0, 0.05) is 16.7 Å². The van der Waals surface area contributed by atoms with E-state index in [4.69, 9.17) is 38.6 Å². The van der Waals surface area contributed by atoms with E-state index in [1.807, 2.05) is 0 Å². The fourth-order valence-electron chi connectivity index (χ4n) is 1.60. The lowest BCUT2D eigenvalue weighted by molar-refractivity contribution is -0.121. The molecule has 0 bridgehead atoms. The third kappa shape index (κ3) is 4.64. The molecular weight excluding hydrogens is 361 g/mol. The highest BCUT2D eigenvalue weighted by Crippen LogP contribution is 2.37. The molecule has 1 saturated carbocycles. The zero-order valence-electron chi connectivity index (χ0n) is 10.7. The molecule has 1 amide bonds. The number of benzene rings is 1. The highest BCUT2D eigenvalue weighted by molar-refractivity contribution is 8.13. The largest absolute Gasteiger partial charge is 0.491 e. The van der Waals surface area contributed by atoms with Crippen molar-refractivity contribution in [1.82, 2.24) is 5.32 Å². The number of rotatable bonds is 6. The summed E-state index contributed by atoms with van der Waals surface area (Å²) < 4.78 is 27.9. The summed E-state index contributed by atoms with van der Waals surface area (Å²) in [4.78, 5) is 11.2. The number of amides is 1. The molecule has 0 atom stereocenters. The summed E-state index contributed by atoms with van der Waals surface area (Å²) in [6.07, 6.45) is 2.21. The van der Waals surface area contributed by atoms with Gasteiger partial charge in [0.2, 0.25) is 5.91 Å². The number of halogens is 3. The minimum atomic E-state index is -3.98. The number of hydrogen-bond donors (Lipinski definition) is 1. The first-order valence-electron chi connectivity index (χ1n) is 6.14.